The highest BCUT2D eigenvalue weighted by atomic mass is 19.2. The number of fused-ring (bicyclic) bond motifs is 2. The normalized spacial score (nSPS) is 11.6. The van der Waals surface area contributed by atoms with E-state index in [1.54, 1.807) is 13.8 Å². The lowest BCUT2D eigenvalue weighted by Gasteiger charge is -2.23. The number of halogens is 7. The molecule has 2 aromatic carbocycles. The minimum absolute atomic E-state index is 0.110. The SMILES string of the molecule is CCN(CC)c1c(F)c(F)c2nc3c(F)c(F)c(F)c(F)c3nc2c1F. The maximum absolute atomic E-state index is 14.7. The van der Waals surface area contributed by atoms with E-state index < -0.39 is 68.5 Å². The average Bonchev–Trinajstić information content (AvgIpc) is 2.65. The molecular formula is C16H10F7N3. The molecule has 0 aliphatic carbocycles. The van der Waals surface area contributed by atoms with Crippen LogP contribution in [-0.4, -0.2) is 23.1 Å². The number of hydrogen-bond donors (Lipinski definition) is 0. The van der Waals surface area contributed by atoms with Gasteiger partial charge in [0.15, 0.2) is 40.7 Å². The molecule has 1 heterocycles. The highest BCUT2D eigenvalue weighted by Crippen LogP contribution is 2.34. The molecule has 3 nitrogen and oxygen atoms in total. The third-order valence-corrected chi connectivity index (χ3v) is 3.99. The van der Waals surface area contributed by atoms with E-state index in [4.69, 9.17) is 0 Å². The largest absolute Gasteiger partial charge is 0.367 e. The first-order valence-corrected chi connectivity index (χ1v) is 7.49. The van der Waals surface area contributed by atoms with Gasteiger partial charge in [-0.25, -0.2) is 40.7 Å². The Kier molecular flexibility index (Phi) is 4.37. The van der Waals surface area contributed by atoms with E-state index >= 15 is 0 Å². The number of nitrogens with zero attached hydrogens (tertiary/aromatic N) is 3. The minimum atomic E-state index is -2.19. The van der Waals surface area contributed by atoms with Crippen molar-refractivity contribution >= 4 is 27.8 Å². The summed E-state index contributed by atoms with van der Waals surface area (Å²) in [6, 6.07) is 0. The molecule has 0 radical (unpaired) electrons. The molecule has 10 heteroatoms. The Balaban J connectivity index is 2.53. The molecule has 0 saturated heterocycles. The second-order valence-electron chi connectivity index (χ2n) is 5.34. The molecule has 0 amide bonds. The van der Waals surface area contributed by atoms with Crippen molar-refractivity contribution in [2.45, 2.75) is 13.8 Å². The summed E-state index contributed by atoms with van der Waals surface area (Å²) in [6.07, 6.45) is 0. The fourth-order valence-electron chi connectivity index (χ4n) is 2.68. The summed E-state index contributed by atoms with van der Waals surface area (Å²) in [4.78, 5) is 7.76. The van der Waals surface area contributed by atoms with Crippen LogP contribution >= 0.6 is 0 Å². The Hall–Kier alpha value is -2.65. The zero-order valence-electron chi connectivity index (χ0n) is 13.4. The second kappa shape index (κ2) is 6.26. The number of aromatic nitrogens is 2. The van der Waals surface area contributed by atoms with Crippen LogP contribution in [0.25, 0.3) is 22.1 Å². The van der Waals surface area contributed by atoms with Gasteiger partial charge in [0, 0.05) is 13.1 Å². The first-order chi connectivity index (χ1) is 12.2. The van der Waals surface area contributed by atoms with Gasteiger partial charge in [0.1, 0.15) is 27.8 Å². The van der Waals surface area contributed by atoms with Gasteiger partial charge in [0.2, 0.25) is 0 Å². The molecule has 0 N–H and O–H groups in total. The van der Waals surface area contributed by atoms with Crippen molar-refractivity contribution < 1.29 is 30.7 Å². The Bertz CT molecular complexity index is 1050. The Morgan fingerprint density at radius 1 is 0.538 bits per heavy atom. The summed E-state index contributed by atoms with van der Waals surface area (Å²) in [5.41, 5.74) is -5.07. The molecule has 0 atom stereocenters. The number of rotatable bonds is 3. The minimum Gasteiger partial charge on any atom is -0.367 e. The van der Waals surface area contributed by atoms with Crippen molar-refractivity contribution in [3.63, 3.8) is 0 Å². The van der Waals surface area contributed by atoms with Crippen LogP contribution in [0, 0.1) is 40.7 Å². The van der Waals surface area contributed by atoms with Gasteiger partial charge in [-0.2, -0.15) is 0 Å². The zero-order chi connectivity index (χ0) is 19.3. The average molecular weight is 377 g/mol. The zero-order valence-corrected chi connectivity index (χ0v) is 13.4. The standard InChI is InChI=1S/C16H10F7N3/c1-3-26(4-2)16-10(22)9(21)14-15(11(16)23)25-13-8(20)6(18)5(17)7(19)12(13)24-14/h3-4H2,1-2H3. The van der Waals surface area contributed by atoms with Crippen molar-refractivity contribution in [2.75, 3.05) is 18.0 Å². The van der Waals surface area contributed by atoms with E-state index in [0.29, 0.717) is 0 Å². The number of anilines is 1. The van der Waals surface area contributed by atoms with Crippen LogP contribution in [0.4, 0.5) is 36.4 Å². The fourth-order valence-corrected chi connectivity index (χ4v) is 2.68. The third-order valence-electron chi connectivity index (χ3n) is 3.99. The maximum Gasteiger partial charge on any atom is 0.199 e. The van der Waals surface area contributed by atoms with Gasteiger partial charge in [-0.1, -0.05) is 0 Å². The van der Waals surface area contributed by atoms with Gasteiger partial charge in [-0.05, 0) is 13.8 Å². The van der Waals surface area contributed by atoms with Crippen molar-refractivity contribution in [2.24, 2.45) is 0 Å². The smallest absolute Gasteiger partial charge is 0.199 e. The molecule has 0 bridgehead atoms. The molecule has 0 aliphatic heterocycles. The highest BCUT2D eigenvalue weighted by molar-refractivity contribution is 5.89. The summed E-state index contributed by atoms with van der Waals surface area (Å²) in [5.74, 6) is -12.9. The molecule has 0 spiro atoms. The fraction of sp³-hybridized carbons (Fsp3) is 0.250. The molecule has 0 saturated carbocycles. The maximum atomic E-state index is 14.7. The number of benzene rings is 2. The predicted molar refractivity (Wildman–Crippen MR) is 80.3 cm³/mol. The molecular weight excluding hydrogens is 367 g/mol. The lowest BCUT2D eigenvalue weighted by Crippen LogP contribution is -2.25. The lowest BCUT2D eigenvalue weighted by atomic mass is 10.1. The summed E-state index contributed by atoms with van der Waals surface area (Å²) >= 11 is 0. The molecule has 3 aromatic rings. The van der Waals surface area contributed by atoms with Crippen molar-refractivity contribution in [3.8, 4) is 0 Å². The molecule has 0 unspecified atom stereocenters. The van der Waals surface area contributed by atoms with Crippen LogP contribution in [0.3, 0.4) is 0 Å². The third kappa shape index (κ3) is 2.35. The predicted octanol–water partition coefficient (Wildman–Crippen LogP) is 4.60. The van der Waals surface area contributed by atoms with Crippen LogP contribution in [-0.2, 0) is 0 Å². The van der Waals surface area contributed by atoms with Gasteiger partial charge in [-0.3, -0.25) is 0 Å². The Morgan fingerprint density at radius 3 is 1.27 bits per heavy atom. The van der Waals surface area contributed by atoms with E-state index in [1.807, 2.05) is 0 Å². The van der Waals surface area contributed by atoms with Crippen LogP contribution in [0.1, 0.15) is 13.8 Å². The van der Waals surface area contributed by atoms with Gasteiger partial charge in [-0.15, -0.1) is 0 Å². The van der Waals surface area contributed by atoms with Gasteiger partial charge >= 0.3 is 0 Å². The topological polar surface area (TPSA) is 29.0 Å². The molecule has 1 aromatic heterocycles. The van der Waals surface area contributed by atoms with Crippen LogP contribution in [0.15, 0.2) is 0 Å². The van der Waals surface area contributed by atoms with Gasteiger partial charge in [0.25, 0.3) is 0 Å². The van der Waals surface area contributed by atoms with Crippen LogP contribution < -0.4 is 4.90 Å². The van der Waals surface area contributed by atoms with E-state index in [-0.39, 0.29) is 13.1 Å². The van der Waals surface area contributed by atoms with Crippen molar-refractivity contribution in [1.29, 1.82) is 0 Å². The Labute approximate surface area is 142 Å². The Morgan fingerprint density at radius 2 is 0.885 bits per heavy atom. The summed E-state index contributed by atoms with van der Waals surface area (Å²) in [6.45, 7) is 3.34. The van der Waals surface area contributed by atoms with Crippen molar-refractivity contribution in [1.82, 2.24) is 9.97 Å². The highest BCUT2D eigenvalue weighted by Gasteiger charge is 2.29. The van der Waals surface area contributed by atoms with Crippen LogP contribution in [0.5, 0.6) is 0 Å². The van der Waals surface area contributed by atoms with Crippen LogP contribution in [0.2, 0.25) is 0 Å². The summed E-state index contributed by atoms with van der Waals surface area (Å²) in [7, 11) is 0. The van der Waals surface area contributed by atoms with E-state index in [1.165, 1.54) is 0 Å². The van der Waals surface area contributed by atoms with E-state index in [9.17, 15) is 30.7 Å². The molecule has 138 valence electrons. The lowest BCUT2D eigenvalue weighted by molar-refractivity contribution is 0.416. The molecule has 0 aliphatic rings. The summed E-state index contributed by atoms with van der Waals surface area (Å²) < 4.78 is 97.8. The van der Waals surface area contributed by atoms with E-state index in [2.05, 4.69) is 9.97 Å². The van der Waals surface area contributed by atoms with E-state index in [0.717, 1.165) is 4.90 Å². The second-order valence-corrected chi connectivity index (χ2v) is 5.34. The number of hydrogen-bond acceptors (Lipinski definition) is 3. The van der Waals surface area contributed by atoms with Gasteiger partial charge in [0.05, 0.1) is 0 Å². The van der Waals surface area contributed by atoms with Gasteiger partial charge < -0.3 is 4.90 Å². The molecule has 0 fully saturated rings. The molecule has 3 rings (SSSR count). The first kappa shape index (κ1) is 18.2. The quantitative estimate of drug-likeness (QED) is 0.289. The monoisotopic (exact) mass is 377 g/mol. The summed E-state index contributed by atoms with van der Waals surface area (Å²) in [5, 5.41) is 0. The first-order valence-electron chi connectivity index (χ1n) is 7.49. The molecule has 26 heavy (non-hydrogen) atoms. The van der Waals surface area contributed by atoms with Crippen molar-refractivity contribution in [3.05, 3.63) is 40.7 Å².